The maximum Gasteiger partial charge on any atom is 0.137 e. The lowest BCUT2D eigenvalue weighted by Gasteiger charge is -2.19. The van der Waals surface area contributed by atoms with Crippen molar-refractivity contribution in [2.75, 3.05) is 0 Å². The molecule has 0 aliphatic heterocycles. The second-order valence-electron chi connectivity index (χ2n) is 4.30. The molecule has 1 aromatic carbocycles. The van der Waals surface area contributed by atoms with E-state index in [-0.39, 0.29) is 11.9 Å². The second-order valence-corrected chi connectivity index (χ2v) is 6.13. The summed E-state index contributed by atoms with van der Waals surface area (Å²) in [5.41, 5.74) is 1.08. The van der Waals surface area contributed by atoms with Gasteiger partial charge in [-0.3, -0.25) is 0 Å². The van der Waals surface area contributed by atoms with Crippen LogP contribution in [0.1, 0.15) is 36.4 Å². The molecular weight excluding hydrogens is 313 g/mol. The van der Waals surface area contributed by atoms with E-state index in [1.807, 2.05) is 12.1 Å². The van der Waals surface area contributed by atoms with Gasteiger partial charge in [0, 0.05) is 17.0 Å². The second kappa shape index (κ2) is 5.95. The summed E-state index contributed by atoms with van der Waals surface area (Å²) in [6, 6.07) is 9.79. The van der Waals surface area contributed by atoms with Gasteiger partial charge in [-0.1, -0.05) is 12.1 Å². The molecule has 0 bridgehead atoms. The predicted octanol–water partition coefficient (Wildman–Crippen LogP) is 5.06. The van der Waals surface area contributed by atoms with Crippen molar-refractivity contribution in [2.45, 2.75) is 25.9 Å². The Bertz CT molecular complexity index is 513. The molecule has 1 heterocycles. The zero-order valence-electron chi connectivity index (χ0n) is 10.3. The molecule has 2 rings (SSSR count). The third kappa shape index (κ3) is 3.19. The zero-order valence-corrected chi connectivity index (χ0v) is 12.7. The summed E-state index contributed by atoms with van der Waals surface area (Å²) in [6.45, 7) is 4.23. The Hall–Kier alpha value is -0.710. The average Bonchev–Trinajstić information content (AvgIpc) is 2.86. The fourth-order valence-corrected chi connectivity index (χ4v) is 3.01. The molecule has 0 radical (unpaired) electrons. The molecule has 2 unspecified atom stereocenters. The number of benzene rings is 1. The highest BCUT2D eigenvalue weighted by molar-refractivity contribution is 9.10. The molecule has 0 spiro atoms. The van der Waals surface area contributed by atoms with Crippen molar-refractivity contribution in [3.8, 4) is 0 Å². The number of hydrogen-bond acceptors (Lipinski definition) is 2. The number of hydrogen-bond donors (Lipinski definition) is 1. The van der Waals surface area contributed by atoms with Gasteiger partial charge in [0.1, 0.15) is 5.82 Å². The standard InChI is InChI=1S/C14H15BrFNS/c1-9(11-5-6-13(16)12(15)8-11)17-10(2)14-4-3-7-18-14/h3-10,17H,1-2H3. The number of halogens is 2. The summed E-state index contributed by atoms with van der Waals surface area (Å²) in [5.74, 6) is -0.225. The lowest BCUT2D eigenvalue weighted by molar-refractivity contribution is 0.499. The Labute approximate surface area is 119 Å². The first kappa shape index (κ1) is 13.7. The summed E-state index contributed by atoms with van der Waals surface area (Å²) in [7, 11) is 0. The largest absolute Gasteiger partial charge is 0.303 e. The van der Waals surface area contributed by atoms with E-state index in [1.54, 1.807) is 11.3 Å². The van der Waals surface area contributed by atoms with E-state index in [0.717, 1.165) is 5.56 Å². The smallest absolute Gasteiger partial charge is 0.137 e. The van der Waals surface area contributed by atoms with Crippen molar-refractivity contribution in [3.05, 3.63) is 56.4 Å². The Morgan fingerprint density at radius 1 is 1.22 bits per heavy atom. The van der Waals surface area contributed by atoms with Gasteiger partial charge in [-0.2, -0.15) is 0 Å². The van der Waals surface area contributed by atoms with Crippen LogP contribution in [0.5, 0.6) is 0 Å². The maximum absolute atomic E-state index is 13.2. The third-order valence-corrected chi connectivity index (χ3v) is 4.58. The molecule has 1 nitrogen and oxygen atoms in total. The minimum atomic E-state index is -0.225. The number of nitrogens with one attached hydrogen (secondary N) is 1. The van der Waals surface area contributed by atoms with E-state index in [4.69, 9.17) is 0 Å². The fourth-order valence-electron chi connectivity index (χ4n) is 1.87. The quantitative estimate of drug-likeness (QED) is 0.827. The Balaban J connectivity index is 2.07. The summed E-state index contributed by atoms with van der Waals surface area (Å²) in [4.78, 5) is 1.31. The van der Waals surface area contributed by atoms with Crippen molar-refractivity contribution >= 4 is 27.3 Å². The number of rotatable bonds is 4. The van der Waals surface area contributed by atoms with E-state index in [1.165, 1.54) is 10.9 Å². The Morgan fingerprint density at radius 2 is 2.00 bits per heavy atom. The first-order chi connectivity index (χ1) is 8.58. The molecule has 2 atom stereocenters. The van der Waals surface area contributed by atoms with Gasteiger partial charge >= 0.3 is 0 Å². The molecular formula is C14H15BrFNS. The van der Waals surface area contributed by atoms with Crippen LogP contribution < -0.4 is 5.32 Å². The van der Waals surface area contributed by atoms with Crippen LogP contribution in [0.15, 0.2) is 40.2 Å². The van der Waals surface area contributed by atoms with Crippen molar-refractivity contribution in [1.29, 1.82) is 0 Å². The first-order valence-corrected chi connectivity index (χ1v) is 7.49. The van der Waals surface area contributed by atoms with Crippen LogP contribution in [-0.4, -0.2) is 0 Å². The monoisotopic (exact) mass is 327 g/mol. The van der Waals surface area contributed by atoms with Crippen LogP contribution in [0, 0.1) is 5.82 Å². The average molecular weight is 328 g/mol. The third-order valence-electron chi connectivity index (χ3n) is 2.91. The van der Waals surface area contributed by atoms with Gasteiger partial charge in [-0.25, -0.2) is 4.39 Å². The van der Waals surface area contributed by atoms with Crippen LogP contribution in [0.25, 0.3) is 0 Å². The van der Waals surface area contributed by atoms with Crippen molar-refractivity contribution in [2.24, 2.45) is 0 Å². The molecule has 0 saturated heterocycles. The lowest BCUT2D eigenvalue weighted by Crippen LogP contribution is -2.21. The topological polar surface area (TPSA) is 12.0 Å². The van der Waals surface area contributed by atoms with Gasteiger partial charge in [0.2, 0.25) is 0 Å². The highest BCUT2D eigenvalue weighted by Gasteiger charge is 2.12. The van der Waals surface area contributed by atoms with E-state index >= 15 is 0 Å². The van der Waals surface area contributed by atoms with Crippen LogP contribution in [-0.2, 0) is 0 Å². The predicted molar refractivity (Wildman–Crippen MR) is 78.4 cm³/mol. The summed E-state index contributed by atoms with van der Waals surface area (Å²) in [5, 5.41) is 5.59. The van der Waals surface area contributed by atoms with Gasteiger partial charge in [0.05, 0.1) is 4.47 Å². The molecule has 1 N–H and O–H groups in total. The van der Waals surface area contributed by atoms with Gasteiger partial charge in [-0.15, -0.1) is 11.3 Å². The van der Waals surface area contributed by atoms with Crippen molar-refractivity contribution in [1.82, 2.24) is 5.32 Å². The SMILES string of the molecule is CC(NC(C)c1cccs1)c1ccc(F)c(Br)c1. The minimum absolute atomic E-state index is 0.180. The van der Waals surface area contributed by atoms with Crippen LogP contribution in [0.3, 0.4) is 0 Å². The summed E-state index contributed by atoms with van der Waals surface area (Å²) in [6.07, 6.45) is 0. The van der Waals surface area contributed by atoms with Crippen LogP contribution in [0.4, 0.5) is 4.39 Å². The Kier molecular flexibility index (Phi) is 4.54. The minimum Gasteiger partial charge on any atom is -0.303 e. The molecule has 0 aliphatic rings. The van der Waals surface area contributed by atoms with Crippen molar-refractivity contribution in [3.63, 3.8) is 0 Å². The lowest BCUT2D eigenvalue weighted by atomic mass is 10.1. The van der Waals surface area contributed by atoms with Crippen LogP contribution in [0.2, 0.25) is 0 Å². The number of thiophene rings is 1. The summed E-state index contributed by atoms with van der Waals surface area (Å²) >= 11 is 4.96. The van der Waals surface area contributed by atoms with E-state index < -0.39 is 0 Å². The molecule has 0 amide bonds. The maximum atomic E-state index is 13.2. The molecule has 4 heteroatoms. The fraction of sp³-hybridized carbons (Fsp3) is 0.286. The van der Waals surface area contributed by atoms with E-state index in [0.29, 0.717) is 10.5 Å². The van der Waals surface area contributed by atoms with E-state index in [9.17, 15) is 4.39 Å². The van der Waals surface area contributed by atoms with Crippen LogP contribution >= 0.6 is 27.3 Å². The summed E-state index contributed by atoms with van der Waals surface area (Å²) < 4.78 is 13.7. The molecule has 18 heavy (non-hydrogen) atoms. The highest BCUT2D eigenvalue weighted by Crippen LogP contribution is 2.25. The normalized spacial score (nSPS) is 14.4. The highest BCUT2D eigenvalue weighted by atomic mass is 79.9. The molecule has 2 aromatic rings. The van der Waals surface area contributed by atoms with E-state index in [2.05, 4.69) is 52.6 Å². The zero-order chi connectivity index (χ0) is 13.1. The molecule has 0 saturated carbocycles. The first-order valence-electron chi connectivity index (χ1n) is 5.82. The molecule has 1 aromatic heterocycles. The molecule has 0 fully saturated rings. The molecule has 96 valence electrons. The van der Waals surface area contributed by atoms with Gasteiger partial charge in [-0.05, 0) is 58.9 Å². The van der Waals surface area contributed by atoms with Gasteiger partial charge in [0.25, 0.3) is 0 Å². The Morgan fingerprint density at radius 3 is 2.61 bits per heavy atom. The molecule has 0 aliphatic carbocycles. The van der Waals surface area contributed by atoms with Gasteiger partial charge < -0.3 is 5.32 Å². The van der Waals surface area contributed by atoms with Crippen molar-refractivity contribution < 1.29 is 4.39 Å². The van der Waals surface area contributed by atoms with Gasteiger partial charge in [0.15, 0.2) is 0 Å².